The molecule has 0 atom stereocenters. The van der Waals surface area contributed by atoms with Gasteiger partial charge in [-0.3, -0.25) is 4.79 Å². The number of hydrogen-bond donors (Lipinski definition) is 1. The average Bonchev–Trinajstić information content (AvgIpc) is 3.13. The molecule has 7 nitrogen and oxygen atoms in total. The van der Waals surface area contributed by atoms with Crippen LogP contribution in [-0.4, -0.2) is 32.3 Å². The molecular weight excluding hydrogens is 411 g/mol. The number of aromatic nitrogens is 4. The molecule has 0 bridgehead atoms. The van der Waals surface area contributed by atoms with Gasteiger partial charge in [0.2, 0.25) is 11.7 Å². The van der Waals surface area contributed by atoms with Gasteiger partial charge in [-0.05, 0) is 35.0 Å². The highest BCUT2D eigenvalue weighted by atomic mass is 35.5. The topological polar surface area (TPSA) is 85.1 Å². The minimum atomic E-state index is -0.278. The van der Waals surface area contributed by atoms with Gasteiger partial charge in [0, 0.05) is 17.0 Å². The number of carbonyl (C=O) groups is 1. The van der Waals surface area contributed by atoms with Gasteiger partial charge in [0.25, 0.3) is 0 Å². The third-order valence-electron chi connectivity index (χ3n) is 3.46. The first-order chi connectivity index (χ1) is 13.0. The second-order valence-corrected chi connectivity index (χ2v) is 6.63. The van der Waals surface area contributed by atoms with Crippen molar-refractivity contribution in [3.63, 3.8) is 0 Å². The fraction of sp³-hybridized carbons (Fsp3) is 0.118. The number of halogens is 3. The highest BCUT2D eigenvalue weighted by Gasteiger charge is 2.12. The molecule has 0 fully saturated rings. The first-order valence-corrected chi connectivity index (χ1v) is 8.96. The molecule has 0 saturated heterocycles. The lowest BCUT2D eigenvalue weighted by molar-refractivity contribution is -0.121. The van der Waals surface area contributed by atoms with Gasteiger partial charge < -0.3 is 0 Å². The summed E-state index contributed by atoms with van der Waals surface area (Å²) in [4.78, 5) is 13.2. The van der Waals surface area contributed by atoms with Crippen LogP contribution in [0.5, 0.6) is 0 Å². The van der Waals surface area contributed by atoms with E-state index < -0.39 is 0 Å². The van der Waals surface area contributed by atoms with Gasteiger partial charge in [-0.25, -0.2) is 5.43 Å². The lowest BCUT2D eigenvalue weighted by Gasteiger charge is -2.01. The predicted octanol–water partition coefficient (Wildman–Crippen LogP) is 3.84. The van der Waals surface area contributed by atoms with Crippen molar-refractivity contribution in [2.45, 2.75) is 13.0 Å². The number of hydrazone groups is 1. The van der Waals surface area contributed by atoms with E-state index in [4.69, 9.17) is 34.8 Å². The Bertz CT molecular complexity index is 971. The molecule has 0 aliphatic heterocycles. The van der Waals surface area contributed by atoms with E-state index in [-0.39, 0.29) is 18.9 Å². The Labute approximate surface area is 169 Å². The minimum absolute atomic E-state index is 0.136. The fourth-order valence-corrected chi connectivity index (χ4v) is 2.62. The molecule has 0 spiro atoms. The summed E-state index contributed by atoms with van der Waals surface area (Å²) in [7, 11) is 0. The highest BCUT2D eigenvalue weighted by Crippen LogP contribution is 2.31. The lowest BCUT2D eigenvalue weighted by Crippen LogP contribution is -2.20. The Morgan fingerprint density at radius 2 is 1.93 bits per heavy atom. The van der Waals surface area contributed by atoms with Crippen LogP contribution in [-0.2, 0) is 11.3 Å². The van der Waals surface area contributed by atoms with Gasteiger partial charge in [-0.1, -0.05) is 53.0 Å². The number of amides is 1. The van der Waals surface area contributed by atoms with E-state index in [2.05, 4.69) is 25.9 Å². The van der Waals surface area contributed by atoms with Crippen molar-refractivity contribution in [2.75, 3.05) is 0 Å². The quantitative estimate of drug-likeness (QED) is 0.482. The van der Waals surface area contributed by atoms with E-state index in [1.54, 1.807) is 42.5 Å². The zero-order chi connectivity index (χ0) is 19.2. The number of nitrogens with one attached hydrogen (secondary N) is 1. The summed E-state index contributed by atoms with van der Waals surface area (Å²) < 4.78 is 0. The molecule has 2 aromatic carbocycles. The molecule has 138 valence electrons. The van der Waals surface area contributed by atoms with Crippen LogP contribution in [0.2, 0.25) is 15.1 Å². The third-order valence-corrected chi connectivity index (χ3v) is 4.53. The fourth-order valence-electron chi connectivity index (χ4n) is 2.11. The van der Waals surface area contributed by atoms with Crippen LogP contribution < -0.4 is 5.43 Å². The average molecular weight is 424 g/mol. The molecule has 27 heavy (non-hydrogen) atoms. The number of tetrazole rings is 1. The van der Waals surface area contributed by atoms with Crippen LogP contribution >= 0.6 is 34.8 Å². The van der Waals surface area contributed by atoms with Crippen LogP contribution in [0.15, 0.2) is 47.6 Å². The first-order valence-electron chi connectivity index (χ1n) is 7.82. The number of benzene rings is 2. The Morgan fingerprint density at radius 3 is 2.70 bits per heavy atom. The van der Waals surface area contributed by atoms with Crippen LogP contribution in [0, 0.1) is 0 Å². The van der Waals surface area contributed by atoms with Crippen LogP contribution in [0.3, 0.4) is 0 Å². The summed E-state index contributed by atoms with van der Waals surface area (Å²) in [5.41, 5.74) is 3.84. The predicted molar refractivity (Wildman–Crippen MR) is 105 cm³/mol. The Balaban J connectivity index is 1.53. The molecule has 10 heteroatoms. The van der Waals surface area contributed by atoms with Gasteiger partial charge in [-0.15, -0.1) is 10.2 Å². The number of carbonyl (C=O) groups excluding carboxylic acids is 1. The van der Waals surface area contributed by atoms with E-state index in [0.29, 0.717) is 26.5 Å². The zero-order valence-electron chi connectivity index (χ0n) is 13.8. The van der Waals surface area contributed by atoms with E-state index in [0.717, 1.165) is 5.56 Å². The largest absolute Gasteiger partial charge is 0.273 e. The van der Waals surface area contributed by atoms with Crippen molar-refractivity contribution in [1.82, 2.24) is 25.6 Å². The summed E-state index contributed by atoms with van der Waals surface area (Å²) >= 11 is 17.9. The molecule has 3 rings (SSSR count). The smallest absolute Gasteiger partial charge is 0.241 e. The van der Waals surface area contributed by atoms with Crippen molar-refractivity contribution in [2.24, 2.45) is 5.10 Å². The Morgan fingerprint density at radius 1 is 1.15 bits per heavy atom. The van der Waals surface area contributed by atoms with Gasteiger partial charge in [0.1, 0.15) is 0 Å². The molecule has 0 radical (unpaired) electrons. The summed E-state index contributed by atoms with van der Waals surface area (Å²) in [5.74, 6) is 0.0588. The second-order valence-electron chi connectivity index (χ2n) is 5.41. The second kappa shape index (κ2) is 8.94. The molecule has 1 heterocycles. The van der Waals surface area contributed by atoms with Crippen LogP contribution in [0.1, 0.15) is 12.0 Å². The maximum Gasteiger partial charge on any atom is 0.241 e. The molecule has 1 N–H and O–H groups in total. The Hall–Kier alpha value is -2.48. The monoisotopic (exact) mass is 422 g/mol. The van der Waals surface area contributed by atoms with Gasteiger partial charge >= 0.3 is 0 Å². The summed E-state index contributed by atoms with van der Waals surface area (Å²) in [5, 5.41) is 17.4. The summed E-state index contributed by atoms with van der Waals surface area (Å²) in [6.07, 6.45) is 1.66. The summed E-state index contributed by atoms with van der Waals surface area (Å²) in [6, 6.07) is 12.2. The van der Waals surface area contributed by atoms with Gasteiger partial charge in [-0.2, -0.15) is 9.90 Å². The van der Waals surface area contributed by atoms with Crippen molar-refractivity contribution in [3.05, 3.63) is 63.1 Å². The maximum absolute atomic E-state index is 11.9. The van der Waals surface area contributed by atoms with E-state index >= 15 is 0 Å². The lowest BCUT2D eigenvalue weighted by atomic mass is 10.2. The molecular formula is C17H13Cl3N6O. The zero-order valence-corrected chi connectivity index (χ0v) is 16.1. The van der Waals surface area contributed by atoms with Crippen molar-refractivity contribution in [1.29, 1.82) is 0 Å². The maximum atomic E-state index is 11.9. The van der Waals surface area contributed by atoms with E-state index in [9.17, 15) is 4.79 Å². The molecule has 3 aromatic rings. The molecule has 0 unspecified atom stereocenters. The number of aryl methyl sites for hydroxylation is 1. The van der Waals surface area contributed by atoms with E-state index in [1.807, 2.05) is 0 Å². The number of rotatable bonds is 6. The molecule has 1 aromatic heterocycles. The van der Waals surface area contributed by atoms with Crippen molar-refractivity contribution >= 4 is 46.9 Å². The molecule has 0 saturated carbocycles. The SMILES string of the molecule is O=C(CCn1nnc(-c2cccc(Cl)c2Cl)n1)NN=Cc1ccc(Cl)cc1. The molecule has 0 aliphatic carbocycles. The van der Waals surface area contributed by atoms with Crippen LogP contribution in [0.25, 0.3) is 11.4 Å². The third kappa shape index (κ3) is 5.26. The minimum Gasteiger partial charge on any atom is -0.273 e. The van der Waals surface area contributed by atoms with Crippen molar-refractivity contribution in [3.8, 4) is 11.4 Å². The first kappa shape index (κ1) is 19.3. The summed E-state index contributed by atoms with van der Waals surface area (Å²) in [6.45, 7) is 0.244. The van der Waals surface area contributed by atoms with Crippen molar-refractivity contribution < 1.29 is 4.79 Å². The van der Waals surface area contributed by atoms with Gasteiger partial charge in [0.15, 0.2) is 0 Å². The Kier molecular flexibility index (Phi) is 6.39. The highest BCUT2D eigenvalue weighted by molar-refractivity contribution is 6.43. The van der Waals surface area contributed by atoms with Crippen LogP contribution in [0.4, 0.5) is 0 Å². The number of nitrogens with zero attached hydrogens (tertiary/aromatic N) is 5. The number of hydrogen-bond acceptors (Lipinski definition) is 5. The van der Waals surface area contributed by atoms with Gasteiger partial charge in [0.05, 0.1) is 22.8 Å². The standard InChI is InChI=1S/C17H13Cl3N6O/c18-12-6-4-11(5-7-12)10-21-22-15(27)8-9-26-24-17(23-25-26)13-2-1-3-14(19)16(13)20/h1-7,10H,8-9H2,(H,22,27). The van der Waals surface area contributed by atoms with E-state index in [1.165, 1.54) is 11.0 Å². The molecule has 1 amide bonds. The molecule has 0 aliphatic rings. The normalized spacial score (nSPS) is 11.1.